The molecule has 2 N–H and O–H groups in total. The Bertz CT molecular complexity index is 1390. The van der Waals surface area contributed by atoms with Crippen LogP contribution in [0.3, 0.4) is 0 Å². The van der Waals surface area contributed by atoms with Gasteiger partial charge in [0.25, 0.3) is 5.91 Å². The lowest BCUT2D eigenvalue weighted by atomic mass is 10.1. The van der Waals surface area contributed by atoms with Crippen LogP contribution in [0.15, 0.2) is 67.0 Å². The maximum atomic E-state index is 13.2. The van der Waals surface area contributed by atoms with Crippen molar-refractivity contribution in [3.05, 3.63) is 78.1 Å². The van der Waals surface area contributed by atoms with Crippen LogP contribution in [0.1, 0.15) is 15.9 Å². The van der Waals surface area contributed by atoms with Gasteiger partial charge in [-0.1, -0.05) is 24.3 Å². The Kier molecular flexibility index (Phi) is 6.77. The molecule has 9 nitrogen and oxygen atoms in total. The Labute approximate surface area is 202 Å². The molecule has 9 heteroatoms. The van der Waals surface area contributed by atoms with Crippen LogP contribution in [0.25, 0.3) is 10.9 Å². The number of anilines is 3. The van der Waals surface area contributed by atoms with Crippen molar-refractivity contribution in [3.63, 3.8) is 0 Å². The van der Waals surface area contributed by atoms with E-state index in [1.807, 2.05) is 25.1 Å². The van der Waals surface area contributed by atoms with E-state index in [0.717, 1.165) is 5.56 Å². The molecule has 0 atom stereocenters. The first kappa shape index (κ1) is 23.5. The molecule has 0 unspecified atom stereocenters. The average molecular weight is 472 g/mol. The molecule has 0 fully saturated rings. The second-order valence-corrected chi connectivity index (χ2v) is 7.76. The van der Waals surface area contributed by atoms with Crippen LogP contribution in [-0.2, 0) is 0 Å². The molecule has 178 valence electrons. The second-order valence-electron chi connectivity index (χ2n) is 7.76. The van der Waals surface area contributed by atoms with E-state index in [1.165, 1.54) is 18.3 Å². The van der Waals surface area contributed by atoms with Gasteiger partial charge in [0.2, 0.25) is 0 Å². The largest absolute Gasteiger partial charge is 0.493 e. The summed E-state index contributed by atoms with van der Waals surface area (Å²) < 4.78 is 10.7. The number of fused-ring (bicyclic) bond motifs is 1. The van der Waals surface area contributed by atoms with Gasteiger partial charge in [0.05, 0.1) is 19.7 Å². The van der Waals surface area contributed by atoms with Crippen LogP contribution < -0.4 is 25.0 Å². The number of methoxy groups -OCH3 is 2. The summed E-state index contributed by atoms with van der Waals surface area (Å²) in [6.45, 7) is 1.85. The van der Waals surface area contributed by atoms with E-state index in [1.54, 1.807) is 56.6 Å². The monoisotopic (exact) mass is 471 g/mol. The third-order valence-corrected chi connectivity index (χ3v) is 5.51. The molecule has 1 heterocycles. The zero-order valence-electron chi connectivity index (χ0n) is 19.8. The van der Waals surface area contributed by atoms with Crippen LogP contribution in [-0.4, -0.2) is 43.2 Å². The fraction of sp³-hybridized carbons (Fsp3) is 0.154. The van der Waals surface area contributed by atoms with Gasteiger partial charge in [-0.3, -0.25) is 9.69 Å². The fourth-order valence-corrected chi connectivity index (χ4v) is 3.55. The SMILES string of the molecule is COc1cc2ncnc(N(C)C(=O)Nc3cc(C(=O)Nc4ccccc4)ccc3C)c2cc1OC. The summed E-state index contributed by atoms with van der Waals surface area (Å²) >= 11 is 0. The normalized spacial score (nSPS) is 10.5. The number of benzene rings is 3. The highest BCUT2D eigenvalue weighted by Crippen LogP contribution is 2.34. The minimum atomic E-state index is -0.427. The Balaban J connectivity index is 1.58. The van der Waals surface area contributed by atoms with E-state index in [4.69, 9.17) is 9.47 Å². The number of hydrogen-bond acceptors (Lipinski definition) is 6. The number of nitrogens with one attached hydrogen (secondary N) is 2. The summed E-state index contributed by atoms with van der Waals surface area (Å²) in [5.41, 5.74) is 3.03. The summed E-state index contributed by atoms with van der Waals surface area (Å²) in [5.74, 6) is 1.14. The molecule has 0 aliphatic heterocycles. The third-order valence-electron chi connectivity index (χ3n) is 5.51. The number of hydrogen-bond donors (Lipinski definition) is 2. The molecular weight excluding hydrogens is 446 g/mol. The van der Waals surface area contributed by atoms with Crippen LogP contribution in [0.2, 0.25) is 0 Å². The molecular formula is C26H25N5O4. The molecule has 1 aromatic heterocycles. The van der Waals surface area contributed by atoms with Crippen LogP contribution >= 0.6 is 0 Å². The Morgan fingerprint density at radius 2 is 1.60 bits per heavy atom. The van der Waals surface area contributed by atoms with Gasteiger partial charge in [-0.25, -0.2) is 14.8 Å². The maximum absolute atomic E-state index is 13.2. The number of carbonyl (C=O) groups excluding carboxylic acids is 2. The number of carbonyl (C=O) groups is 2. The lowest BCUT2D eigenvalue weighted by Gasteiger charge is -2.20. The van der Waals surface area contributed by atoms with Gasteiger partial charge < -0.3 is 20.1 Å². The predicted octanol–water partition coefficient (Wildman–Crippen LogP) is 4.88. The van der Waals surface area contributed by atoms with E-state index in [-0.39, 0.29) is 5.91 Å². The Morgan fingerprint density at radius 3 is 2.31 bits per heavy atom. The fourth-order valence-electron chi connectivity index (χ4n) is 3.55. The molecule has 0 saturated carbocycles. The third kappa shape index (κ3) is 4.98. The molecule has 0 spiro atoms. The number of ether oxygens (including phenoxy) is 2. The zero-order valence-corrected chi connectivity index (χ0v) is 19.8. The van der Waals surface area contributed by atoms with Crippen molar-refractivity contribution >= 4 is 40.0 Å². The van der Waals surface area contributed by atoms with Crippen molar-refractivity contribution in [2.75, 3.05) is 36.8 Å². The average Bonchev–Trinajstić information content (AvgIpc) is 2.88. The predicted molar refractivity (Wildman–Crippen MR) is 136 cm³/mol. The zero-order chi connectivity index (χ0) is 24.9. The Hall–Kier alpha value is -4.66. The van der Waals surface area contributed by atoms with Crippen LogP contribution in [0.5, 0.6) is 11.5 Å². The van der Waals surface area contributed by atoms with Gasteiger partial charge in [0, 0.05) is 35.4 Å². The Morgan fingerprint density at radius 1 is 0.886 bits per heavy atom. The summed E-state index contributed by atoms with van der Waals surface area (Å²) in [7, 11) is 4.68. The van der Waals surface area contributed by atoms with Gasteiger partial charge in [0.15, 0.2) is 11.5 Å². The molecule has 0 aliphatic rings. The molecule has 3 aromatic carbocycles. The standard InChI is InChI=1S/C26H25N5O4/c1-16-10-11-17(25(32)29-18-8-6-5-7-9-18)12-20(16)30-26(33)31(2)24-19-13-22(34-3)23(35-4)14-21(19)27-15-28-24/h5-15H,1-4H3,(H,29,32)(H,30,33). The number of nitrogens with zero attached hydrogens (tertiary/aromatic N) is 3. The van der Waals surface area contributed by atoms with Crippen molar-refractivity contribution in [2.24, 2.45) is 0 Å². The molecule has 0 aliphatic carbocycles. The number of amides is 3. The summed E-state index contributed by atoms with van der Waals surface area (Å²) in [6.07, 6.45) is 1.38. The van der Waals surface area contributed by atoms with Crippen molar-refractivity contribution in [2.45, 2.75) is 6.92 Å². The lowest BCUT2D eigenvalue weighted by Crippen LogP contribution is -2.32. The second kappa shape index (κ2) is 10.1. The van der Waals surface area contributed by atoms with Crippen LogP contribution in [0.4, 0.5) is 22.0 Å². The molecule has 0 saturated heterocycles. The topological polar surface area (TPSA) is 106 Å². The number of urea groups is 1. The highest BCUT2D eigenvalue weighted by atomic mass is 16.5. The van der Waals surface area contributed by atoms with Gasteiger partial charge in [-0.05, 0) is 42.8 Å². The van der Waals surface area contributed by atoms with Crippen molar-refractivity contribution in [3.8, 4) is 11.5 Å². The lowest BCUT2D eigenvalue weighted by molar-refractivity contribution is 0.102. The quantitative estimate of drug-likeness (QED) is 0.415. The molecule has 35 heavy (non-hydrogen) atoms. The number of aryl methyl sites for hydroxylation is 1. The highest BCUT2D eigenvalue weighted by molar-refractivity contribution is 6.08. The van der Waals surface area contributed by atoms with E-state index in [0.29, 0.717) is 45.2 Å². The minimum absolute atomic E-state index is 0.275. The van der Waals surface area contributed by atoms with Gasteiger partial charge in [0.1, 0.15) is 12.1 Å². The number of para-hydroxylation sites is 1. The van der Waals surface area contributed by atoms with E-state index in [9.17, 15) is 9.59 Å². The minimum Gasteiger partial charge on any atom is -0.493 e. The summed E-state index contributed by atoms with van der Waals surface area (Å²) in [5, 5.41) is 6.34. The van der Waals surface area contributed by atoms with E-state index >= 15 is 0 Å². The van der Waals surface area contributed by atoms with E-state index in [2.05, 4.69) is 20.6 Å². The first-order chi connectivity index (χ1) is 16.9. The first-order valence-corrected chi connectivity index (χ1v) is 10.8. The first-order valence-electron chi connectivity index (χ1n) is 10.8. The van der Waals surface area contributed by atoms with Crippen LogP contribution in [0, 0.1) is 6.92 Å². The molecule has 0 bridgehead atoms. The van der Waals surface area contributed by atoms with E-state index < -0.39 is 6.03 Å². The van der Waals surface area contributed by atoms with Gasteiger partial charge in [-0.2, -0.15) is 0 Å². The number of rotatable bonds is 6. The number of aromatic nitrogens is 2. The van der Waals surface area contributed by atoms with Crippen molar-refractivity contribution in [1.82, 2.24) is 9.97 Å². The highest BCUT2D eigenvalue weighted by Gasteiger charge is 2.19. The summed E-state index contributed by atoms with van der Waals surface area (Å²) in [4.78, 5) is 35.8. The summed E-state index contributed by atoms with van der Waals surface area (Å²) in [6, 6.07) is 17.3. The smallest absolute Gasteiger partial charge is 0.327 e. The van der Waals surface area contributed by atoms with Crippen molar-refractivity contribution < 1.29 is 19.1 Å². The van der Waals surface area contributed by atoms with Crippen molar-refractivity contribution in [1.29, 1.82) is 0 Å². The molecule has 0 radical (unpaired) electrons. The molecule has 4 aromatic rings. The maximum Gasteiger partial charge on any atom is 0.327 e. The van der Waals surface area contributed by atoms with Gasteiger partial charge >= 0.3 is 6.03 Å². The molecule has 4 rings (SSSR count). The molecule has 3 amide bonds. The van der Waals surface area contributed by atoms with Gasteiger partial charge in [-0.15, -0.1) is 0 Å².